The largest absolute Gasteiger partial charge is 0.481 e. The van der Waals surface area contributed by atoms with E-state index in [4.69, 9.17) is 10.6 Å². The fourth-order valence-corrected chi connectivity index (χ4v) is 1.24. The summed E-state index contributed by atoms with van der Waals surface area (Å²) in [6.07, 6.45) is 0.0219. The van der Waals surface area contributed by atoms with Crippen LogP contribution in [0.5, 0.6) is 0 Å². The van der Waals surface area contributed by atoms with E-state index >= 15 is 0 Å². The number of hydrogen-bond acceptors (Lipinski definition) is 2. The minimum Gasteiger partial charge on any atom is -0.481 e. The third kappa shape index (κ3) is 3.11. The van der Waals surface area contributed by atoms with Crippen LogP contribution in [0.1, 0.15) is 5.56 Å². The van der Waals surface area contributed by atoms with Crippen LogP contribution < -0.4 is 0 Å². The molecule has 6 nitrogen and oxygen atoms in total. The van der Waals surface area contributed by atoms with E-state index in [0.717, 1.165) is 0 Å². The van der Waals surface area contributed by atoms with Gasteiger partial charge in [0.2, 0.25) is 5.91 Å². The second-order valence-corrected chi connectivity index (χ2v) is 3.11. The van der Waals surface area contributed by atoms with E-state index in [-0.39, 0.29) is 6.42 Å². The van der Waals surface area contributed by atoms with Crippen LogP contribution in [-0.4, -0.2) is 17.0 Å². The summed E-state index contributed by atoms with van der Waals surface area (Å²) in [4.78, 5) is 24.3. The van der Waals surface area contributed by atoms with Gasteiger partial charge in [0.05, 0.1) is 0 Å². The van der Waals surface area contributed by atoms with Gasteiger partial charge < -0.3 is 5.11 Å². The Kier molecular flexibility index (Phi) is 4.06. The predicted molar refractivity (Wildman–Crippen MR) is 55.4 cm³/mol. The van der Waals surface area contributed by atoms with Crippen LogP contribution in [0.15, 0.2) is 35.4 Å². The molecule has 0 aromatic heterocycles. The van der Waals surface area contributed by atoms with Gasteiger partial charge in [-0.15, -0.1) is 0 Å². The number of carbonyl (C=O) groups is 2. The summed E-state index contributed by atoms with van der Waals surface area (Å²) in [5, 5.41) is 11.6. The second kappa shape index (κ2) is 5.53. The van der Waals surface area contributed by atoms with Gasteiger partial charge in [0, 0.05) is 4.91 Å². The molecule has 0 aliphatic rings. The monoisotopic (exact) mass is 219 g/mol. The van der Waals surface area contributed by atoms with Crippen molar-refractivity contribution in [3.63, 3.8) is 0 Å². The summed E-state index contributed by atoms with van der Waals surface area (Å²) in [7, 11) is 0. The van der Waals surface area contributed by atoms with Gasteiger partial charge in [-0.3, -0.25) is 9.59 Å². The molecule has 16 heavy (non-hydrogen) atoms. The lowest BCUT2D eigenvalue weighted by atomic mass is 9.99. The Balaban J connectivity index is 2.85. The summed E-state index contributed by atoms with van der Waals surface area (Å²) in [6, 6.07) is 8.69. The molecule has 1 atom stereocenters. The molecule has 0 spiro atoms. The van der Waals surface area contributed by atoms with Gasteiger partial charge in [-0.1, -0.05) is 30.3 Å². The van der Waals surface area contributed by atoms with E-state index in [1.165, 1.54) is 0 Å². The van der Waals surface area contributed by atoms with E-state index in [2.05, 4.69) is 10.0 Å². The standard InChI is InChI=1S/C10H9N3O3/c11-13-12-9(14)8(10(15)16)6-7-4-2-1-3-5-7/h1-5,8H,6H2,(H,15,16). The van der Waals surface area contributed by atoms with Crippen LogP contribution in [0.4, 0.5) is 0 Å². The number of rotatable bonds is 4. The molecule has 0 saturated heterocycles. The van der Waals surface area contributed by atoms with Crippen LogP contribution in [0, 0.1) is 5.92 Å². The number of azide groups is 1. The second-order valence-electron chi connectivity index (χ2n) is 3.11. The Morgan fingerprint density at radius 3 is 2.50 bits per heavy atom. The average molecular weight is 219 g/mol. The zero-order valence-corrected chi connectivity index (χ0v) is 8.28. The fraction of sp³-hybridized carbons (Fsp3) is 0.200. The Hall–Kier alpha value is -2.33. The lowest BCUT2D eigenvalue weighted by Crippen LogP contribution is -2.24. The molecule has 1 rings (SSSR count). The van der Waals surface area contributed by atoms with Crippen LogP contribution >= 0.6 is 0 Å². The molecule has 1 unspecified atom stereocenters. The first-order valence-electron chi connectivity index (χ1n) is 4.51. The third-order valence-corrected chi connectivity index (χ3v) is 2.02. The first kappa shape index (κ1) is 11.7. The number of carboxylic acid groups (broad SMARTS) is 1. The van der Waals surface area contributed by atoms with Gasteiger partial charge in [-0.05, 0) is 22.6 Å². The highest BCUT2D eigenvalue weighted by atomic mass is 16.4. The molecule has 0 aliphatic heterocycles. The maximum absolute atomic E-state index is 11.2. The van der Waals surface area contributed by atoms with Gasteiger partial charge in [0.25, 0.3) is 0 Å². The first-order valence-corrected chi connectivity index (χ1v) is 4.51. The molecule has 0 saturated carbocycles. The highest BCUT2D eigenvalue weighted by Gasteiger charge is 2.25. The summed E-state index contributed by atoms with van der Waals surface area (Å²) in [5.41, 5.74) is 8.78. The number of aliphatic carboxylic acids is 1. The van der Waals surface area contributed by atoms with Crippen molar-refractivity contribution in [2.24, 2.45) is 11.0 Å². The molecule has 0 bridgehead atoms. The average Bonchev–Trinajstić information content (AvgIpc) is 2.27. The minimum atomic E-state index is -1.32. The molecular weight excluding hydrogens is 210 g/mol. The molecule has 6 heteroatoms. The van der Waals surface area contributed by atoms with Gasteiger partial charge in [0.15, 0.2) is 0 Å². The topological polar surface area (TPSA) is 103 Å². The van der Waals surface area contributed by atoms with Crippen LogP contribution in [-0.2, 0) is 16.0 Å². The zero-order valence-electron chi connectivity index (χ0n) is 8.28. The number of carbonyl (C=O) groups excluding carboxylic acids is 1. The van der Waals surface area contributed by atoms with Crippen molar-refractivity contribution in [1.29, 1.82) is 0 Å². The van der Waals surface area contributed by atoms with Crippen molar-refractivity contribution in [1.82, 2.24) is 0 Å². The van der Waals surface area contributed by atoms with Crippen molar-refractivity contribution in [2.45, 2.75) is 6.42 Å². The summed E-state index contributed by atoms with van der Waals surface area (Å²) in [5.74, 6) is -3.58. The number of benzene rings is 1. The molecule has 1 aromatic rings. The molecule has 1 aromatic carbocycles. The Labute approximate surface area is 91.1 Å². The van der Waals surface area contributed by atoms with Crippen LogP contribution in [0.2, 0.25) is 0 Å². The van der Waals surface area contributed by atoms with E-state index in [1.54, 1.807) is 30.3 Å². The first-order chi connectivity index (χ1) is 7.65. The van der Waals surface area contributed by atoms with Crippen molar-refractivity contribution in [3.05, 3.63) is 46.3 Å². The van der Waals surface area contributed by atoms with E-state index < -0.39 is 17.8 Å². The minimum absolute atomic E-state index is 0.0219. The lowest BCUT2D eigenvalue weighted by Gasteiger charge is -2.07. The number of hydrogen-bond donors (Lipinski definition) is 1. The normalized spacial score (nSPS) is 11.2. The Bertz CT molecular complexity index is 438. The molecule has 1 amide bonds. The number of amides is 1. The van der Waals surface area contributed by atoms with Crippen molar-refractivity contribution in [2.75, 3.05) is 0 Å². The van der Waals surface area contributed by atoms with Gasteiger partial charge in [-0.2, -0.15) is 0 Å². The number of nitrogens with zero attached hydrogens (tertiary/aromatic N) is 3. The van der Waals surface area contributed by atoms with Crippen molar-refractivity contribution < 1.29 is 14.7 Å². The molecular formula is C10H9N3O3. The predicted octanol–water partition coefficient (Wildman–Crippen LogP) is 1.77. The SMILES string of the molecule is [N-]=[N+]=NC(=O)C(Cc1ccccc1)C(=O)O. The van der Waals surface area contributed by atoms with Gasteiger partial charge >= 0.3 is 5.97 Å². The number of carboxylic acids is 1. The molecule has 0 fully saturated rings. The summed E-state index contributed by atoms with van der Waals surface area (Å²) >= 11 is 0. The fourth-order valence-electron chi connectivity index (χ4n) is 1.24. The van der Waals surface area contributed by atoms with E-state index in [1.807, 2.05) is 0 Å². The summed E-state index contributed by atoms with van der Waals surface area (Å²) < 4.78 is 0. The Morgan fingerprint density at radius 1 is 1.38 bits per heavy atom. The molecule has 0 aliphatic carbocycles. The smallest absolute Gasteiger partial charge is 0.314 e. The van der Waals surface area contributed by atoms with Gasteiger partial charge in [-0.25, -0.2) is 0 Å². The van der Waals surface area contributed by atoms with Crippen LogP contribution in [0.25, 0.3) is 10.4 Å². The third-order valence-electron chi connectivity index (χ3n) is 2.02. The lowest BCUT2D eigenvalue weighted by molar-refractivity contribution is -0.145. The zero-order chi connectivity index (χ0) is 12.0. The van der Waals surface area contributed by atoms with Crippen LogP contribution in [0.3, 0.4) is 0 Å². The molecule has 0 heterocycles. The Morgan fingerprint density at radius 2 is 2.00 bits per heavy atom. The van der Waals surface area contributed by atoms with E-state index in [9.17, 15) is 9.59 Å². The maximum atomic E-state index is 11.2. The summed E-state index contributed by atoms with van der Waals surface area (Å²) in [6.45, 7) is 0. The molecule has 82 valence electrons. The maximum Gasteiger partial charge on any atom is 0.314 e. The quantitative estimate of drug-likeness (QED) is 0.361. The van der Waals surface area contributed by atoms with Crippen molar-refractivity contribution >= 4 is 11.9 Å². The highest BCUT2D eigenvalue weighted by Crippen LogP contribution is 2.11. The van der Waals surface area contributed by atoms with E-state index in [0.29, 0.717) is 5.56 Å². The highest BCUT2D eigenvalue weighted by molar-refractivity contribution is 5.97. The van der Waals surface area contributed by atoms with Gasteiger partial charge in [0.1, 0.15) is 5.92 Å². The van der Waals surface area contributed by atoms with Crippen molar-refractivity contribution in [3.8, 4) is 0 Å². The molecule has 1 N–H and O–H groups in total. The molecule has 0 radical (unpaired) electrons.